The molecule has 0 aromatic heterocycles. The second-order valence-electron chi connectivity index (χ2n) is 5.22. The number of rotatable bonds is 6. The summed E-state index contributed by atoms with van der Waals surface area (Å²) in [5, 5.41) is 14.2. The second kappa shape index (κ2) is 7.95. The molecule has 2 unspecified atom stereocenters. The van der Waals surface area contributed by atoms with Crippen molar-refractivity contribution in [2.24, 2.45) is 5.92 Å². The molecule has 0 heterocycles. The Bertz CT molecular complexity index is 281. The van der Waals surface area contributed by atoms with E-state index in [1.165, 1.54) is 12.8 Å². The number of amides is 2. The van der Waals surface area contributed by atoms with Crippen molar-refractivity contribution in [3.05, 3.63) is 0 Å². The van der Waals surface area contributed by atoms with E-state index in [2.05, 4.69) is 17.6 Å². The number of aliphatic carboxylic acids is 1. The largest absolute Gasteiger partial charge is 0.481 e. The first kappa shape index (κ1) is 14.8. The van der Waals surface area contributed by atoms with Crippen molar-refractivity contribution >= 4 is 12.0 Å². The van der Waals surface area contributed by atoms with Crippen LogP contribution in [0.3, 0.4) is 0 Å². The Morgan fingerprint density at radius 2 is 2.06 bits per heavy atom. The fourth-order valence-corrected chi connectivity index (χ4v) is 2.40. The molecule has 0 aromatic rings. The lowest BCUT2D eigenvalue weighted by molar-refractivity contribution is -0.137. The fraction of sp³-hybridized carbons (Fsp3) is 0.846. The normalized spacial score (nSPS) is 23.4. The van der Waals surface area contributed by atoms with Gasteiger partial charge in [0.25, 0.3) is 0 Å². The van der Waals surface area contributed by atoms with Gasteiger partial charge in [0.05, 0.1) is 0 Å². The van der Waals surface area contributed by atoms with Crippen LogP contribution in [0.15, 0.2) is 0 Å². The third-order valence-electron chi connectivity index (χ3n) is 3.37. The summed E-state index contributed by atoms with van der Waals surface area (Å²) in [6.07, 6.45) is 6.06. The first-order valence-corrected chi connectivity index (χ1v) is 6.84. The zero-order valence-electron chi connectivity index (χ0n) is 11.1. The summed E-state index contributed by atoms with van der Waals surface area (Å²) in [5.41, 5.74) is 0. The number of carboxylic acids is 1. The maximum atomic E-state index is 11.6. The topological polar surface area (TPSA) is 78.4 Å². The second-order valence-corrected chi connectivity index (χ2v) is 5.22. The number of unbranched alkanes of at least 4 members (excludes halogenated alkanes) is 1. The number of urea groups is 1. The van der Waals surface area contributed by atoms with Gasteiger partial charge in [0.1, 0.15) is 0 Å². The van der Waals surface area contributed by atoms with Gasteiger partial charge in [0.15, 0.2) is 0 Å². The van der Waals surface area contributed by atoms with E-state index < -0.39 is 5.97 Å². The number of carbonyl (C=O) groups excluding carboxylic acids is 1. The third kappa shape index (κ3) is 6.47. The monoisotopic (exact) mass is 256 g/mol. The molecule has 1 aliphatic carbocycles. The first-order chi connectivity index (χ1) is 8.58. The number of nitrogens with one attached hydrogen (secondary N) is 2. The van der Waals surface area contributed by atoms with E-state index in [9.17, 15) is 9.59 Å². The molecule has 0 spiro atoms. The molecule has 18 heavy (non-hydrogen) atoms. The predicted octanol–water partition coefficient (Wildman–Crippen LogP) is 2.12. The minimum atomic E-state index is -0.782. The molecule has 1 fully saturated rings. The molecule has 0 aliphatic heterocycles. The van der Waals surface area contributed by atoms with Crippen molar-refractivity contribution in [1.82, 2.24) is 10.6 Å². The van der Waals surface area contributed by atoms with Gasteiger partial charge in [0, 0.05) is 19.0 Å². The van der Waals surface area contributed by atoms with Gasteiger partial charge in [-0.25, -0.2) is 4.79 Å². The van der Waals surface area contributed by atoms with Crippen LogP contribution in [0.1, 0.15) is 51.9 Å². The van der Waals surface area contributed by atoms with Crippen molar-refractivity contribution in [3.63, 3.8) is 0 Å². The van der Waals surface area contributed by atoms with E-state index in [0.29, 0.717) is 31.3 Å². The zero-order valence-corrected chi connectivity index (χ0v) is 11.1. The van der Waals surface area contributed by atoms with Crippen molar-refractivity contribution in [3.8, 4) is 0 Å². The molecular formula is C13H24N2O3. The maximum Gasteiger partial charge on any atom is 0.315 e. The summed E-state index contributed by atoms with van der Waals surface area (Å²) >= 11 is 0. The van der Waals surface area contributed by atoms with E-state index in [-0.39, 0.29) is 12.5 Å². The molecule has 0 aromatic carbocycles. The van der Waals surface area contributed by atoms with Gasteiger partial charge in [0.2, 0.25) is 0 Å². The lowest BCUT2D eigenvalue weighted by atomic mass is 9.87. The van der Waals surface area contributed by atoms with Gasteiger partial charge in [-0.05, 0) is 31.6 Å². The highest BCUT2D eigenvalue weighted by molar-refractivity contribution is 5.74. The highest BCUT2D eigenvalue weighted by Gasteiger charge is 2.19. The Morgan fingerprint density at radius 3 is 2.72 bits per heavy atom. The number of hydrogen-bond acceptors (Lipinski definition) is 2. The van der Waals surface area contributed by atoms with Crippen molar-refractivity contribution in [2.45, 2.75) is 57.9 Å². The molecule has 5 heteroatoms. The van der Waals surface area contributed by atoms with Crippen molar-refractivity contribution < 1.29 is 14.7 Å². The smallest absolute Gasteiger partial charge is 0.315 e. The minimum absolute atomic E-state index is 0.121. The SMILES string of the molecule is CC1CCCC(NC(=O)NCCCCC(=O)O)C1. The van der Waals surface area contributed by atoms with Gasteiger partial charge in [-0.2, -0.15) is 0 Å². The molecule has 2 amide bonds. The molecule has 0 saturated heterocycles. The third-order valence-corrected chi connectivity index (χ3v) is 3.37. The van der Waals surface area contributed by atoms with Crippen LogP contribution in [0.5, 0.6) is 0 Å². The summed E-state index contributed by atoms with van der Waals surface area (Å²) < 4.78 is 0. The summed E-state index contributed by atoms with van der Waals surface area (Å²) in [4.78, 5) is 21.9. The Balaban J connectivity index is 2.04. The van der Waals surface area contributed by atoms with E-state index in [1.54, 1.807) is 0 Å². The highest BCUT2D eigenvalue weighted by atomic mass is 16.4. The van der Waals surface area contributed by atoms with E-state index >= 15 is 0 Å². The maximum absolute atomic E-state index is 11.6. The number of carbonyl (C=O) groups is 2. The standard InChI is InChI=1S/C13H24N2O3/c1-10-5-4-6-11(9-10)15-13(18)14-8-3-2-7-12(16)17/h10-11H,2-9H2,1H3,(H,16,17)(H2,14,15,18). The van der Waals surface area contributed by atoms with Gasteiger partial charge in [-0.15, -0.1) is 0 Å². The molecule has 5 nitrogen and oxygen atoms in total. The van der Waals surface area contributed by atoms with Crippen LogP contribution in [0.4, 0.5) is 4.79 Å². The zero-order chi connectivity index (χ0) is 13.4. The van der Waals surface area contributed by atoms with Gasteiger partial charge < -0.3 is 15.7 Å². The van der Waals surface area contributed by atoms with Crippen LogP contribution in [-0.4, -0.2) is 29.7 Å². The van der Waals surface area contributed by atoms with Crippen LogP contribution < -0.4 is 10.6 Å². The predicted molar refractivity (Wildman–Crippen MR) is 69.4 cm³/mol. The average Bonchev–Trinajstić information content (AvgIpc) is 2.28. The molecule has 0 radical (unpaired) electrons. The first-order valence-electron chi connectivity index (χ1n) is 6.84. The van der Waals surface area contributed by atoms with Crippen molar-refractivity contribution in [2.75, 3.05) is 6.54 Å². The van der Waals surface area contributed by atoms with E-state index in [4.69, 9.17) is 5.11 Å². The van der Waals surface area contributed by atoms with Crippen LogP contribution in [-0.2, 0) is 4.79 Å². The van der Waals surface area contributed by atoms with Crippen molar-refractivity contribution in [1.29, 1.82) is 0 Å². The van der Waals surface area contributed by atoms with Gasteiger partial charge in [-0.3, -0.25) is 4.79 Å². The number of carboxylic acid groups (broad SMARTS) is 1. The number of hydrogen-bond donors (Lipinski definition) is 3. The molecule has 1 rings (SSSR count). The lowest BCUT2D eigenvalue weighted by Gasteiger charge is -2.27. The molecule has 3 N–H and O–H groups in total. The van der Waals surface area contributed by atoms with E-state index in [0.717, 1.165) is 12.8 Å². The Kier molecular flexibility index (Phi) is 6.54. The Hall–Kier alpha value is -1.26. The Labute approximate surface area is 108 Å². The summed E-state index contributed by atoms with van der Waals surface area (Å²) in [7, 11) is 0. The molecule has 104 valence electrons. The lowest BCUT2D eigenvalue weighted by Crippen LogP contribution is -2.44. The quantitative estimate of drug-likeness (QED) is 0.637. The minimum Gasteiger partial charge on any atom is -0.481 e. The van der Waals surface area contributed by atoms with Crippen LogP contribution in [0, 0.1) is 5.92 Å². The molecule has 1 saturated carbocycles. The van der Waals surface area contributed by atoms with Crippen LogP contribution in [0.25, 0.3) is 0 Å². The summed E-state index contributed by atoms with van der Waals surface area (Å²) in [5.74, 6) is -0.0877. The van der Waals surface area contributed by atoms with Gasteiger partial charge >= 0.3 is 12.0 Å². The van der Waals surface area contributed by atoms with Gasteiger partial charge in [-0.1, -0.05) is 19.8 Å². The molecular weight excluding hydrogens is 232 g/mol. The fourth-order valence-electron chi connectivity index (χ4n) is 2.40. The van der Waals surface area contributed by atoms with E-state index in [1.807, 2.05) is 0 Å². The summed E-state index contributed by atoms with van der Waals surface area (Å²) in [6.45, 7) is 2.76. The Morgan fingerprint density at radius 1 is 1.28 bits per heavy atom. The van der Waals surface area contributed by atoms with Crippen LogP contribution >= 0.6 is 0 Å². The molecule has 2 atom stereocenters. The van der Waals surface area contributed by atoms with Crippen LogP contribution in [0.2, 0.25) is 0 Å². The molecule has 1 aliphatic rings. The summed E-state index contributed by atoms with van der Waals surface area (Å²) in [6, 6.07) is 0.178. The highest BCUT2D eigenvalue weighted by Crippen LogP contribution is 2.23. The average molecular weight is 256 g/mol. The molecule has 0 bridgehead atoms.